The van der Waals surface area contributed by atoms with Crippen LogP contribution >= 0.6 is 0 Å². The molecule has 0 aromatic carbocycles. The van der Waals surface area contributed by atoms with Gasteiger partial charge in [-0.15, -0.1) is 0 Å². The van der Waals surface area contributed by atoms with Gasteiger partial charge >= 0.3 is 0 Å². The third-order valence-electron chi connectivity index (χ3n) is 2.65. The number of carbonyl (C=O) groups is 1. The SMILES string of the molecule is CCC(CC)Cc1ccnc(NC(C)=O)n1. The van der Waals surface area contributed by atoms with Gasteiger partial charge in [0.05, 0.1) is 0 Å². The van der Waals surface area contributed by atoms with E-state index in [-0.39, 0.29) is 5.91 Å². The zero-order valence-corrected chi connectivity index (χ0v) is 10.2. The van der Waals surface area contributed by atoms with Crippen LogP contribution in [0.4, 0.5) is 5.95 Å². The first kappa shape index (κ1) is 12.6. The van der Waals surface area contributed by atoms with Gasteiger partial charge in [-0.1, -0.05) is 26.7 Å². The molecule has 0 fully saturated rings. The molecule has 1 N–H and O–H groups in total. The van der Waals surface area contributed by atoms with Gasteiger partial charge in [0, 0.05) is 18.8 Å². The molecule has 0 spiro atoms. The largest absolute Gasteiger partial charge is 0.295 e. The Morgan fingerprint density at radius 1 is 1.44 bits per heavy atom. The zero-order valence-electron chi connectivity index (χ0n) is 10.2. The highest BCUT2D eigenvalue weighted by Crippen LogP contribution is 2.14. The monoisotopic (exact) mass is 221 g/mol. The highest BCUT2D eigenvalue weighted by molar-refractivity contribution is 5.86. The summed E-state index contributed by atoms with van der Waals surface area (Å²) in [6, 6.07) is 1.91. The van der Waals surface area contributed by atoms with Gasteiger partial charge in [0.1, 0.15) is 0 Å². The predicted octanol–water partition coefficient (Wildman–Crippen LogP) is 2.41. The van der Waals surface area contributed by atoms with Gasteiger partial charge in [0.2, 0.25) is 11.9 Å². The van der Waals surface area contributed by atoms with E-state index in [1.807, 2.05) is 6.07 Å². The van der Waals surface area contributed by atoms with Crippen LogP contribution in [0, 0.1) is 5.92 Å². The smallest absolute Gasteiger partial charge is 0.229 e. The van der Waals surface area contributed by atoms with Crippen LogP contribution in [0.3, 0.4) is 0 Å². The summed E-state index contributed by atoms with van der Waals surface area (Å²) in [6.07, 6.45) is 4.93. The average molecular weight is 221 g/mol. The van der Waals surface area contributed by atoms with Crippen LogP contribution in [-0.2, 0) is 11.2 Å². The number of anilines is 1. The Labute approximate surface area is 96.5 Å². The molecule has 0 bridgehead atoms. The van der Waals surface area contributed by atoms with Crippen molar-refractivity contribution in [3.05, 3.63) is 18.0 Å². The Morgan fingerprint density at radius 2 is 2.12 bits per heavy atom. The maximum absolute atomic E-state index is 10.9. The van der Waals surface area contributed by atoms with Gasteiger partial charge in [0.25, 0.3) is 0 Å². The van der Waals surface area contributed by atoms with Crippen molar-refractivity contribution in [2.45, 2.75) is 40.0 Å². The second-order valence-corrected chi connectivity index (χ2v) is 3.94. The van der Waals surface area contributed by atoms with Crippen molar-refractivity contribution >= 4 is 11.9 Å². The molecule has 0 radical (unpaired) electrons. The number of nitrogens with one attached hydrogen (secondary N) is 1. The van der Waals surface area contributed by atoms with Gasteiger partial charge in [-0.2, -0.15) is 0 Å². The summed E-state index contributed by atoms with van der Waals surface area (Å²) in [4.78, 5) is 19.2. The summed E-state index contributed by atoms with van der Waals surface area (Å²) >= 11 is 0. The lowest BCUT2D eigenvalue weighted by molar-refractivity contribution is -0.114. The maximum atomic E-state index is 10.9. The van der Waals surface area contributed by atoms with Gasteiger partial charge < -0.3 is 0 Å². The summed E-state index contributed by atoms with van der Waals surface area (Å²) in [5.41, 5.74) is 0.993. The lowest BCUT2D eigenvalue weighted by Gasteiger charge is -2.11. The highest BCUT2D eigenvalue weighted by atomic mass is 16.1. The first-order valence-electron chi connectivity index (χ1n) is 5.75. The number of amides is 1. The Kier molecular flexibility index (Phi) is 4.89. The lowest BCUT2D eigenvalue weighted by Crippen LogP contribution is -2.11. The molecule has 1 rings (SSSR count). The summed E-state index contributed by atoms with van der Waals surface area (Å²) in [5.74, 6) is 0.913. The van der Waals surface area contributed by atoms with Crippen molar-refractivity contribution in [2.24, 2.45) is 5.92 Å². The van der Waals surface area contributed by atoms with E-state index in [2.05, 4.69) is 29.1 Å². The molecule has 1 amide bonds. The van der Waals surface area contributed by atoms with Crippen LogP contribution in [0.15, 0.2) is 12.3 Å². The molecule has 0 aliphatic heterocycles. The molecule has 0 saturated heterocycles. The number of nitrogens with zero attached hydrogens (tertiary/aromatic N) is 2. The second-order valence-electron chi connectivity index (χ2n) is 3.94. The van der Waals surface area contributed by atoms with Gasteiger partial charge in [-0.3, -0.25) is 10.1 Å². The van der Waals surface area contributed by atoms with Crippen molar-refractivity contribution in [1.82, 2.24) is 9.97 Å². The average Bonchev–Trinajstić information content (AvgIpc) is 2.25. The van der Waals surface area contributed by atoms with E-state index in [0.29, 0.717) is 11.9 Å². The van der Waals surface area contributed by atoms with Crippen LogP contribution < -0.4 is 5.32 Å². The Hall–Kier alpha value is -1.45. The third-order valence-corrected chi connectivity index (χ3v) is 2.65. The summed E-state index contributed by atoms with van der Waals surface area (Å²) < 4.78 is 0. The van der Waals surface area contributed by atoms with Crippen molar-refractivity contribution in [3.8, 4) is 0 Å². The van der Waals surface area contributed by atoms with E-state index in [1.165, 1.54) is 6.92 Å². The van der Waals surface area contributed by atoms with E-state index in [4.69, 9.17) is 0 Å². The number of hydrogen-bond acceptors (Lipinski definition) is 3. The van der Waals surface area contributed by atoms with E-state index in [9.17, 15) is 4.79 Å². The quantitative estimate of drug-likeness (QED) is 0.830. The molecule has 0 atom stereocenters. The van der Waals surface area contributed by atoms with Crippen LogP contribution in [0.2, 0.25) is 0 Å². The molecule has 0 unspecified atom stereocenters. The fourth-order valence-electron chi connectivity index (χ4n) is 1.60. The molecular weight excluding hydrogens is 202 g/mol. The maximum Gasteiger partial charge on any atom is 0.229 e. The first-order valence-corrected chi connectivity index (χ1v) is 5.75. The molecule has 88 valence electrons. The standard InChI is InChI=1S/C12H19N3O/c1-4-10(5-2)8-11-6-7-13-12(15-11)14-9(3)16/h6-7,10H,4-5,8H2,1-3H3,(H,13,14,15,16). The normalized spacial score (nSPS) is 10.5. The van der Waals surface area contributed by atoms with Gasteiger partial charge in [0.15, 0.2) is 0 Å². The fourth-order valence-corrected chi connectivity index (χ4v) is 1.60. The van der Waals surface area contributed by atoms with Crippen molar-refractivity contribution in [1.29, 1.82) is 0 Å². The molecule has 1 aromatic rings. The van der Waals surface area contributed by atoms with Crippen molar-refractivity contribution in [2.75, 3.05) is 5.32 Å². The van der Waals surface area contributed by atoms with E-state index < -0.39 is 0 Å². The Morgan fingerprint density at radius 3 is 2.69 bits per heavy atom. The number of aromatic nitrogens is 2. The summed E-state index contributed by atoms with van der Waals surface area (Å²) in [6.45, 7) is 5.82. The van der Waals surface area contributed by atoms with Crippen LogP contribution in [0.1, 0.15) is 39.3 Å². The van der Waals surface area contributed by atoms with Crippen LogP contribution in [0.5, 0.6) is 0 Å². The minimum Gasteiger partial charge on any atom is -0.295 e. The number of hydrogen-bond donors (Lipinski definition) is 1. The number of carbonyl (C=O) groups excluding carboxylic acids is 1. The molecule has 1 heterocycles. The number of rotatable bonds is 5. The lowest BCUT2D eigenvalue weighted by atomic mass is 9.98. The Bertz CT molecular complexity index is 348. The van der Waals surface area contributed by atoms with Crippen molar-refractivity contribution in [3.63, 3.8) is 0 Å². The minimum atomic E-state index is -0.139. The van der Waals surface area contributed by atoms with Crippen LogP contribution in [-0.4, -0.2) is 15.9 Å². The summed E-state index contributed by atoms with van der Waals surface area (Å²) in [5, 5.41) is 2.59. The van der Waals surface area contributed by atoms with E-state index in [1.54, 1.807) is 6.20 Å². The predicted molar refractivity (Wildman–Crippen MR) is 64.1 cm³/mol. The zero-order chi connectivity index (χ0) is 12.0. The van der Waals surface area contributed by atoms with E-state index >= 15 is 0 Å². The minimum absolute atomic E-state index is 0.139. The fraction of sp³-hybridized carbons (Fsp3) is 0.583. The molecule has 0 aliphatic rings. The Balaban J connectivity index is 2.70. The molecule has 0 saturated carbocycles. The van der Waals surface area contributed by atoms with Crippen molar-refractivity contribution < 1.29 is 4.79 Å². The van der Waals surface area contributed by atoms with Gasteiger partial charge in [-0.05, 0) is 18.4 Å². The highest BCUT2D eigenvalue weighted by Gasteiger charge is 2.07. The molecule has 4 heteroatoms. The first-order chi connectivity index (χ1) is 7.65. The topological polar surface area (TPSA) is 54.9 Å². The molecule has 0 aliphatic carbocycles. The molecule has 16 heavy (non-hydrogen) atoms. The molecule has 4 nitrogen and oxygen atoms in total. The molecular formula is C12H19N3O. The molecule has 1 aromatic heterocycles. The summed E-state index contributed by atoms with van der Waals surface area (Å²) in [7, 11) is 0. The van der Waals surface area contributed by atoms with Gasteiger partial charge in [-0.25, -0.2) is 9.97 Å². The second kappa shape index (κ2) is 6.20. The van der Waals surface area contributed by atoms with E-state index in [0.717, 1.165) is 25.0 Å². The third kappa shape index (κ3) is 3.96. The van der Waals surface area contributed by atoms with Crippen LogP contribution in [0.25, 0.3) is 0 Å².